The van der Waals surface area contributed by atoms with Crippen molar-refractivity contribution in [1.82, 2.24) is 9.88 Å². The minimum absolute atomic E-state index is 0.131. The Labute approximate surface area is 232 Å². The van der Waals surface area contributed by atoms with Crippen molar-refractivity contribution in [2.75, 3.05) is 24.2 Å². The van der Waals surface area contributed by atoms with Crippen LogP contribution >= 0.6 is 34.7 Å². The molecule has 1 aromatic carbocycles. The summed E-state index contributed by atoms with van der Waals surface area (Å²) in [4.78, 5) is 30.6. The van der Waals surface area contributed by atoms with E-state index in [1.165, 1.54) is 41.7 Å². The molecular formula is C26H37ClFN3O4S2. The first-order valence-corrected chi connectivity index (χ1v) is 14.7. The number of nitrogens with zero attached hydrogens (tertiary/aromatic N) is 2. The van der Waals surface area contributed by atoms with Gasteiger partial charge in [0.25, 0.3) is 0 Å². The summed E-state index contributed by atoms with van der Waals surface area (Å²) in [7, 11) is 0. The number of aliphatic carboxylic acids is 1. The number of aromatic nitrogens is 1. The molecule has 0 radical (unpaired) electrons. The van der Waals surface area contributed by atoms with Crippen LogP contribution in [-0.4, -0.2) is 51.9 Å². The Kier molecular flexibility index (Phi) is 13.1. The van der Waals surface area contributed by atoms with Gasteiger partial charge < -0.3 is 14.7 Å². The van der Waals surface area contributed by atoms with E-state index in [-0.39, 0.29) is 18.7 Å². The SMILES string of the molecule is CC.CC(C)(CSc1cnc(NC(=O)N(CCOCc2ccc(F)cc2Cl)C2CCCCC2)s1)C(=O)O. The number of thiazole rings is 1. The number of carboxylic acid groups (broad SMARTS) is 1. The summed E-state index contributed by atoms with van der Waals surface area (Å²) in [6, 6.07) is 4.10. The maximum atomic E-state index is 13.2. The number of ether oxygens (including phenoxy) is 1. The summed E-state index contributed by atoms with van der Waals surface area (Å²) < 4.78 is 19.8. The van der Waals surface area contributed by atoms with Crippen LogP contribution in [0.1, 0.15) is 65.4 Å². The molecule has 1 heterocycles. The molecule has 2 N–H and O–H groups in total. The van der Waals surface area contributed by atoms with Crippen LogP contribution in [0.4, 0.5) is 14.3 Å². The summed E-state index contributed by atoms with van der Waals surface area (Å²) in [6.07, 6.45) is 6.88. The maximum absolute atomic E-state index is 13.2. The Morgan fingerprint density at radius 1 is 1.30 bits per heavy atom. The molecule has 2 amide bonds. The standard InChI is InChI=1S/C24H31ClFN3O4S2.C2H6/c1-24(2,21(30)31)15-34-20-13-27-22(35-20)28-23(32)29(18-6-4-3-5-7-18)10-11-33-14-16-8-9-17(26)12-19(16)25;1-2/h8-9,12-13,18H,3-7,10-11,14-15H2,1-2H3,(H,30,31)(H,27,28,32);1-2H3. The number of thioether (sulfide) groups is 1. The van der Waals surface area contributed by atoms with Gasteiger partial charge in [0.1, 0.15) is 5.82 Å². The number of carboxylic acids is 1. The zero-order valence-corrected chi connectivity index (χ0v) is 24.3. The van der Waals surface area contributed by atoms with Gasteiger partial charge in [0.15, 0.2) is 5.13 Å². The van der Waals surface area contributed by atoms with E-state index in [1.807, 2.05) is 18.7 Å². The lowest BCUT2D eigenvalue weighted by molar-refractivity contribution is -0.145. The molecule has 0 atom stereocenters. The molecule has 0 saturated heterocycles. The Morgan fingerprint density at radius 2 is 2.00 bits per heavy atom. The van der Waals surface area contributed by atoms with Gasteiger partial charge in [0, 0.05) is 23.4 Å². The lowest BCUT2D eigenvalue weighted by atomic mass is 9.94. The second-order valence-corrected chi connectivity index (χ2v) is 11.9. The van der Waals surface area contributed by atoms with E-state index in [9.17, 15) is 19.1 Å². The van der Waals surface area contributed by atoms with Crippen molar-refractivity contribution in [3.63, 3.8) is 0 Å². The van der Waals surface area contributed by atoms with Gasteiger partial charge >= 0.3 is 12.0 Å². The van der Waals surface area contributed by atoms with E-state index < -0.39 is 17.2 Å². The zero-order valence-electron chi connectivity index (χ0n) is 21.9. The minimum Gasteiger partial charge on any atom is -0.481 e. The predicted octanol–water partition coefficient (Wildman–Crippen LogP) is 7.55. The van der Waals surface area contributed by atoms with Crippen molar-refractivity contribution >= 4 is 51.8 Å². The van der Waals surface area contributed by atoms with Gasteiger partial charge in [0.05, 0.1) is 29.0 Å². The number of nitrogens with one attached hydrogen (secondary N) is 1. The lowest BCUT2D eigenvalue weighted by Crippen LogP contribution is -2.45. The van der Waals surface area contributed by atoms with Crippen LogP contribution in [0.3, 0.4) is 0 Å². The largest absolute Gasteiger partial charge is 0.481 e. The average Bonchev–Trinajstić information content (AvgIpc) is 3.32. The molecule has 37 heavy (non-hydrogen) atoms. The summed E-state index contributed by atoms with van der Waals surface area (Å²) in [5.41, 5.74) is -0.158. The van der Waals surface area contributed by atoms with Crippen LogP contribution in [0.5, 0.6) is 0 Å². The topological polar surface area (TPSA) is 91.8 Å². The van der Waals surface area contributed by atoms with Gasteiger partial charge in [-0.25, -0.2) is 14.2 Å². The second-order valence-electron chi connectivity index (χ2n) is 9.17. The number of hydrogen-bond acceptors (Lipinski definition) is 6. The first-order chi connectivity index (χ1) is 17.7. The van der Waals surface area contributed by atoms with Gasteiger partial charge in [-0.1, -0.05) is 62.1 Å². The fourth-order valence-electron chi connectivity index (χ4n) is 3.69. The van der Waals surface area contributed by atoms with E-state index in [2.05, 4.69) is 10.3 Å². The Hall–Kier alpha value is -1.88. The quantitative estimate of drug-likeness (QED) is 0.213. The smallest absolute Gasteiger partial charge is 0.323 e. The molecule has 206 valence electrons. The van der Waals surface area contributed by atoms with E-state index in [0.29, 0.717) is 34.6 Å². The number of carbonyl (C=O) groups is 2. The number of amides is 2. The number of carbonyl (C=O) groups excluding carboxylic acids is 1. The molecule has 1 fully saturated rings. The highest BCUT2D eigenvalue weighted by atomic mass is 35.5. The molecule has 1 aliphatic carbocycles. The number of hydrogen-bond donors (Lipinski definition) is 2. The van der Waals surface area contributed by atoms with Crippen molar-refractivity contribution in [3.05, 3.63) is 40.8 Å². The zero-order chi connectivity index (χ0) is 27.4. The van der Waals surface area contributed by atoms with Crippen LogP contribution in [0.25, 0.3) is 0 Å². The average molecular weight is 574 g/mol. The lowest BCUT2D eigenvalue weighted by Gasteiger charge is -2.34. The summed E-state index contributed by atoms with van der Waals surface area (Å²) >= 11 is 8.81. The molecule has 7 nitrogen and oxygen atoms in total. The summed E-state index contributed by atoms with van der Waals surface area (Å²) in [6.45, 7) is 8.33. The third-order valence-electron chi connectivity index (χ3n) is 5.88. The Morgan fingerprint density at radius 3 is 2.65 bits per heavy atom. The highest BCUT2D eigenvalue weighted by Crippen LogP contribution is 2.33. The van der Waals surface area contributed by atoms with Crippen molar-refractivity contribution in [1.29, 1.82) is 0 Å². The van der Waals surface area contributed by atoms with Crippen LogP contribution < -0.4 is 5.32 Å². The maximum Gasteiger partial charge on any atom is 0.323 e. The van der Waals surface area contributed by atoms with Gasteiger partial charge in [-0.05, 0) is 44.4 Å². The third-order valence-corrected chi connectivity index (χ3v) is 8.80. The number of urea groups is 1. The molecule has 3 rings (SSSR count). The number of halogens is 2. The number of benzene rings is 1. The van der Waals surface area contributed by atoms with Crippen LogP contribution in [0.2, 0.25) is 5.02 Å². The van der Waals surface area contributed by atoms with Crippen LogP contribution in [-0.2, 0) is 16.1 Å². The molecule has 1 saturated carbocycles. The second kappa shape index (κ2) is 15.5. The third kappa shape index (κ3) is 10.1. The van der Waals surface area contributed by atoms with E-state index in [1.54, 1.807) is 26.1 Å². The normalized spacial score (nSPS) is 14.0. The van der Waals surface area contributed by atoms with E-state index >= 15 is 0 Å². The van der Waals surface area contributed by atoms with E-state index in [4.69, 9.17) is 16.3 Å². The molecule has 2 aromatic rings. The monoisotopic (exact) mass is 573 g/mol. The minimum atomic E-state index is -0.853. The first kappa shape index (κ1) is 31.3. The highest BCUT2D eigenvalue weighted by molar-refractivity contribution is 8.01. The molecular weight excluding hydrogens is 537 g/mol. The molecule has 1 aliphatic rings. The van der Waals surface area contributed by atoms with Crippen LogP contribution in [0.15, 0.2) is 28.6 Å². The number of anilines is 1. The van der Waals surface area contributed by atoms with Gasteiger partial charge in [-0.3, -0.25) is 10.1 Å². The van der Waals surface area contributed by atoms with Crippen molar-refractivity contribution in [3.8, 4) is 0 Å². The molecule has 0 aliphatic heterocycles. The summed E-state index contributed by atoms with van der Waals surface area (Å²) in [5, 5.41) is 13.0. The van der Waals surface area contributed by atoms with Crippen molar-refractivity contribution in [2.45, 2.75) is 76.7 Å². The molecule has 0 bridgehead atoms. The van der Waals surface area contributed by atoms with Gasteiger partial charge in [-0.15, -0.1) is 11.8 Å². The molecule has 1 aromatic heterocycles. The van der Waals surface area contributed by atoms with Crippen molar-refractivity contribution in [2.24, 2.45) is 5.41 Å². The molecule has 0 spiro atoms. The Balaban J connectivity index is 0.00000235. The van der Waals surface area contributed by atoms with Crippen molar-refractivity contribution < 1.29 is 23.8 Å². The predicted molar refractivity (Wildman–Crippen MR) is 149 cm³/mol. The fraction of sp³-hybridized carbons (Fsp3) is 0.577. The van der Waals surface area contributed by atoms with E-state index in [0.717, 1.165) is 29.9 Å². The fourth-order valence-corrected chi connectivity index (χ4v) is 5.85. The first-order valence-electron chi connectivity index (χ1n) is 12.6. The van der Waals surface area contributed by atoms with Crippen LogP contribution in [0, 0.1) is 11.2 Å². The molecule has 11 heteroatoms. The Bertz CT molecular complexity index is 1020. The highest BCUT2D eigenvalue weighted by Gasteiger charge is 2.28. The molecule has 0 unspecified atom stereocenters. The number of rotatable bonds is 11. The summed E-state index contributed by atoms with van der Waals surface area (Å²) in [5.74, 6) is -0.843. The van der Waals surface area contributed by atoms with Gasteiger partial charge in [-0.2, -0.15) is 0 Å². The van der Waals surface area contributed by atoms with Gasteiger partial charge in [0.2, 0.25) is 0 Å².